The number of nitrogens with one attached hydrogen (secondary N) is 1. The molecule has 0 saturated heterocycles. The summed E-state index contributed by atoms with van der Waals surface area (Å²) in [6.45, 7) is 2.13. The molecule has 0 aromatic heterocycles. The fourth-order valence-corrected chi connectivity index (χ4v) is 1.84. The Bertz CT molecular complexity index is 299. The molecule has 0 heterocycles. The van der Waals surface area contributed by atoms with Gasteiger partial charge in [-0.15, -0.1) is 0 Å². The molecule has 0 radical (unpaired) electrons. The van der Waals surface area contributed by atoms with Crippen molar-refractivity contribution in [2.75, 3.05) is 13.7 Å². The average Bonchev–Trinajstić information content (AvgIpc) is 2.25. The summed E-state index contributed by atoms with van der Waals surface area (Å²) in [4.78, 5) is 0. The lowest BCUT2D eigenvalue weighted by Crippen LogP contribution is -2.27. The van der Waals surface area contributed by atoms with E-state index in [2.05, 4.69) is 5.32 Å². The molecule has 0 aliphatic carbocycles. The van der Waals surface area contributed by atoms with E-state index in [-0.39, 0.29) is 24.4 Å². The van der Waals surface area contributed by atoms with Gasteiger partial charge in [-0.2, -0.15) is 0 Å². The zero-order chi connectivity index (χ0) is 11.3. The Kier molecular flexibility index (Phi) is 4.72. The molecule has 0 spiro atoms. The van der Waals surface area contributed by atoms with Crippen molar-refractivity contribution in [2.24, 2.45) is 5.92 Å². The van der Waals surface area contributed by atoms with Crippen molar-refractivity contribution in [2.45, 2.75) is 19.4 Å². The molecule has 0 aliphatic heterocycles. The van der Waals surface area contributed by atoms with Crippen LogP contribution in [-0.4, -0.2) is 18.8 Å². The van der Waals surface area contributed by atoms with Crippen LogP contribution >= 0.6 is 0 Å². The molecule has 0 bridgehead atoms. The second-order valence-corrected chi connectivity index (χ2v) is 3.67. The zero-order valence-electron chi connectivity index (χ0n) is 9.20. The average molecular weight is 211 g/mol. The van der Waals surface area contributed by atoms with Crippen LogP contribution in [0.1, 0.15) is 24.9 Å². The summed E-state index contributed by atoms with van der Waals surface area (Å²) in [6.07, 6.45) is 0.860. The standard InChI is InChI=1S/C12H18FNO/c1-3-9(8-15)12(14-2)10-5-4-6-11(13)7-10/h4-7,9,12,14-15H,3,8H2,1-2H3. The Morgan fingerprint density at radius 2 is 2.20 bits per heavy atom. The van der Waals surface area contributed by atoms with Crippen LogP contribution < -0.4 is 5.32 Å². The maximum atomic E-state index is 13.0. The third kappa shape index (κ3) is 3.01. The van der Waals surface area contributed by atoms with Gasteiger partial charge in [-0.3, -0.25) is 0 Å². The third-order valence-corrected chi connectivity index (χ3v) is 2.75. The second kappa shape index (κ2) is 5.83. The SMILES string of the molecule is CCC(CO)C(NC)c1cccc(F)c1. The molecule has 2 atom stereocenters. The van der Waals surface area contributed by atoms with Gasteiger partial charge in [0.25, 0.3) is 0 Å². The van der Waals surface area contributed by atoms with E-state index < -0.39 is 0 Å². The molecule has 15 heavy (non-hydrogen) atoms. The van der Waals surface area contributed by atoms with Crippen molar-refractivity contribution < 1.29 is 9.50 Å². The van der Waals surface area contributed by atoms with Crippen LogP contribution in [0.3, 0.4) is 0 Å². The van der Waals surface area contributed by atoms with Gasteiger partial charge in [-0.25, -0.2) is 4.39 Å². The fraction of sp³-hybridized carbons (Fsp3) is 0.500. The molecule has 0 aliphatic rings. The highest BCUT2D eigenvalue weighted by atomic mass is 19.1. The Morgan fingerprint density at radius 1 is 1.47 bits per heavy atom. The quantitative estimate of drug-likeness (QED) is 0.781. The highest BCUT2D eigenvalue weighted by Gasteiger charge is 2.19. The predicted octanol–water partition coefficient (Wildman–Crippen LogP) is 2.10. The van der Waals surface area contributed by atoms with Crippen molar-refractivity contribution in [1.82, 2.24) is 5.32 Å². The molecule has 1 aromatic rings. The van der Waals surface area contributed by atoms with Gasteiger partial charge in [-0.1, -0.05) is 19.1 Å². The summed E-state index contributed by atoms with van der Waals surface area (Å²) in [5, 5.41) is 12.3. The number of benzene rings is 1. The van der Waals surface area contributed by atoms with Gasteiger partial charge in [0.1, 0.15) is 5.82 Å². The lowest BCUT2D eigenvalue weighted by molar-refractivity contribution is 0.189. The van der Waals surface area contributed by atoms with Crippen molar-refractivity contribution in [3.05, 3.63) is 35.6 Å². The third-order valence-electron chi connectivity index (χ3n) is 2.75. The van der Waals surface area contributed by atoms with Gasteiger partial charge in [0, 0.05) is 18.6 Å². The number of halogens is 1. The van der Waals surface area contributed by atoms with Crippen molar-refractivity contribution in [1.29, 1.82) is 0 Å². The number of hydrogen-bond donors (Lipinski definition) is 2. The Labute approximate surface area is 90.1 Å². The van der Waals surface area contributed by atoms with Gasteiger partial charge in [0.05, 0.1) is 0 Å². The van der Waals surface area contributed by atoms with Gasteiger partial charge < -0.3 is 10.4 Å². The molecular formula is C12H18FNO. The lowest BCUT2D eigenvalue weighted by Gasteiger charge is -2.24. The molecule has 1 rings (SSSR count). The second-order valence-electron chi connectivity index (χ2n) is 3.67. The first-order chi connectivity index (χ1) is 7.22. The summed E-state index contributed by atoms with van der Waals surface area (Å²) in [6, 6.07) is 6.52. The number of rotatable bonds is 5. The normalized spacial score (nSPS) is 14.9. The Balaban J connectivity index is 2.90. The molecule has 3 heteroatoms. The van der Waals surface area contributed by atoms with Gasteiger partial charge in [-0.05, 0) is 31.2 Å². The summed E-state index contributed by atoms with van der Waals surface area (Å²) in [5.41, 5.74) is 0.887. The van der Waals surface area contributed by atoms with Crippen molar-refractivity contribution >= 4 is 0 Å². The fourth-order valence-electron chi connectivity index (χ4n) is 1.84. The molecule has 2 unspecified atom stereocenters. The van der Waals surface area contributed by atoms with Crippen LogP contribution in [0.2, 0.25) is 0 Å². The molecule has 84 valence electrons. The first-order valence-electron chi connectivity index (χ1n) is 5.26. The van der Waals surface area contributed by atoms with Crippen molar-refractivity contribution in [3.8, 4) is 0 Å². The van der Waals surface area contributed by atoms with Crippen LogP contribution in [0, 0.1) is 11.7 Å². The van der Waals surface area contributed by atoms with Crippen LogP contribution in [-0.2, 0) is 0 Å². The summed E-state index contributed by atoms with van der Waals surface area (Å²) in [7, 11) is 1.83. The summed E-state index contributed by atoms with van der Waals surface area (Å²) in [5.74, 6) is -0.114. The van der Waals surface area contributed by atoms with Crippen molar-refractivity contribution in [3.63, 3.8) is 0 Å². The monoisotopic (exact) mass is 211 g/mol. The molecule has 0 saturated carbocycles. The Morgan fingerprint density at radius 3 is 2.67 bits per heavy atom. The molecular weight excluding hydrogens is 193 g/mol. The molecule has 0 amide bonds. The van der Waals surface area contributed by atoms with Crippen LogP contribution in [0.4, 0.5) is 4.39 Å². The van der Waals surface area contributed by atoms with Gasteiger partial charge in [0.15, 0.2) is 0 Å². The molecule has 0 fully saturated rings. The largest absolute Gasteiger partial charge is 0.396 e. The molecule has 1 aromatic carbocycles. The molecule has 2 N–H and O–H groups in total. The van der Waals surface area contributed by atoms with Gasteiger partial charge in [0.2, 0.25) is 0 Å². The van der Waals surface area contributed by atoms with E-state index in [0.29, 0.717) is 0 Å². The highest BCUT2D eigenvalue weighted by molar-refractivity contribution is 5.20. The summed E-state index contributed by atoms with van der Waals surface area (Å²) < 4.78 is 13.0. The minimum atomic E-state index is -0.236. The van der Waals surface area contributed by atoms with E-state index >= 15 is 0 Å². The van der Waals surface area contributed by atoms with Gasteiger partial charge >= 0.3 is 0 Å². The maximum absolute atomic E-state index is 13.0. The molecule has 2 nitrogen and oxygen atoms in total. The van der Waals surface area contributed by atoms with Crippen LogP contribution in [0.15, 0.2) is 24.3 Å². The number of aliphatic hydroxyl groups is 1. The first-order valence-corrected chi connectivity index (χ1v) is 5.26. The Hall–Kier alpha value is -0.930. The highest BCUT2D eigenvalue weighted by Crippen LogP contribution is 2.24. The topological polar surface area (TPSA) is 32.3 Å². The number of aliphatic hydroxyl groups excluding tert-OH is 1. The van der Waals surface area contributed by atoms with E-state index in [4.69, 9.17) is 0 Å². The summed E-state index contributed by atoms with van der Waals surface area (Å²) >= 11 is 0. The smallest absolute Gasteiger partial charge is 0.123 e. The van der Waals surface area contributed by atoms with E-state index in [1.807, 2.05) is 20.0 Å². The predicted molar refractivity (Wildman–Crippen MR) is 59.1 cm³/mol. The van der Waals surface area contributed by atoms with E-state index in [9.17, 15) is 9.50 Å². The minimum absolute atomic E-state index is 0.00991. The minimum Gasteiger partial charge on any atom is -0.396 e. The maximum Gasteiger partial charge on any atom is 0.123 e. The van der Waals surface area contributed by atoms with E-state index in [1.54, 1.807) is 6.07 Å². The lowest BCUT2D eigenvalue weighted by atomic mass is 9.91. The van der Waals surface area contributed by atoms with E-state index in [0.717, 1.165) is 12.0 Å². The zero-order valence-corrected chi connectivity index (χ0v) is 9.20. The van der Waals surface area contributed by atoms with Crippen LogP contribution in [0.5, 0.6) is 0 Å². The van der Waals surface area contributed by atoms with E-state index in [1.165, 1.54) is 12.1 Å². The number of hydrogen-bond acceptors (Lipinski definition) is 2. The first kappa shape index (κ1) is 12.1. The van der Waals surface area contributed by atoms with Crippen LogP contribution in [0.25, 0.3) is 0 Å².